The normalized spacial score (nSPS) is 33.9. The fraction of sp³-hybridized carbons (Fsp3) is 0.333. The molecule has 11 heteroatoms. The Morgan fingerprint density at radius 3 is 2.47 bits per heavy atom. The summed E-state index contributed by atoms with van der Waals surface area (Å²) in [5.41, 5.74) is -2.34. The van der Waals surface area contributed by atoms with Gasteiger partial charge in [-0.25, -0.2) is 4.39 Å². The van der Waals surface area contributed by atoms with E-state index in [0.29, 0.717) is 0 Å². The van der Waals surface area contributed by atoms with Gasteiger partial charge in [0.2, 0.25) is 5.78 Å². The van der Waals surface area contributed by atoms with Crippen molar-refractivity contribution in [3.8, 4) is 12.3 Å². The second-order valence-electron chi connectivity index (χ2n) is 8.12. The molecule has 0 radical (unpaired) electrons. The molecule has 1 aromatic rings. The molecule has 0 bridgehead atoms. The molecule has 1 fully saturated rings. The fourth-order valence-corrected chi connectivity index (χ4v) is 5.22. The summed E-state index contributed by atoms with van der Waals surface area (Å²) in [6.07, 6.45) is -2.71. The summed E-state index contributed by atoms with van der Waals surface area (Å²) in [5, 5.41) is 54.1. The van der Waals surface area contributed by atoms with E-state index in [1.807, 2.05) is 0 Å². The molecular formula is C21H18FN2O8+. The molecule has 32 heavy (non-hydrogen) atoms. The molecule has 7 N–H and O–H groups in total. The van der Waals surface area contributed by atoms with Gasteiger partial charge in [0.25, 0.3) is 12.5 Å². The number of hydrogen-bond acceptors (Lipinski definition) is 8. The van der Waals surface area contributed by atoms with Crippen LogP contribution in [0.25, 0.3) is 10.6 Å². The van der Waals surface area contributed by atoms with E-state index in [1.54, 1.807) is 0 Å². The number of nitrogens with two attached hydrogens (primary N) is 1. The number of phenolic OH excluding ortho intramolecular Hbond substituents is 1. The highest BCUT2D eigenvalue weighted by Gasteiger charge is 2.76. The van der Waals surface area contributed by atoms with Crippen LogP contribution in [-0.4, -0.2) is 60.3 Å². The number of phenols is 1. The first-order valence-corrected chi connectivity index (χ1v) is 9.46. The van der Waals surface area contributed by atoms with E-state index in [1.165, 1.54) is 13.0 Å². The highest BCUT2D eigenvalue weighted by Crippen LogP contribution is 2.59. The quantitative estimate of drug-likeness (QED) is 0.331. The van der Waals surface area contributed by atoms with Crippen molar-refractivity contribution in [2.24, 2.45) is 11.7 Å². The van der Waals surface area contributed by atoms with Gasteiger partial charge in [0.15, 0.2) is 23.0 Å². The maximum absolute atomic E-state index is 14.0. The smallest absolute Gasteiger partial charge is 0.344 e. The minimum atomic E-state index is -3.05. The zero-order valence-corrected chi connectivity index (χ0v) is 16.5. The Bertz CT molecular complexity index is 1240. The Balaban J connectivity index is 2.13. The van der Waals surface area contributed by atoms with Crippen LogP contribution in [0.4, 0.5) is 4.39 Å². The number of amides is 1. The predicted octanol–water partition coefficient (Wildman–Crippen LogP) is 0.180. The average molecular weight is 445 g/mol. The minimum Gasteiger partial charge on any atom is -0.508 e. The van der Waals surface area contributed by atoms with Crippen molar-refractivity contribution in [2.75, 3.05) is 0 Å². The fourth-order valence-electron chi connectivity index (χ4n) is 5.22. The van der Waals surface area contributed by atoms with Crippen molar-refractivity contribution in [1.29, 1.82) is 0 Å². The van der Waals surface area contributed by atoms with Crippen LogP contribution in [-0.2, 0) is 14.4 Å². The lowest BCUT2D eigenvalue weighted by atomic mass is 9.52. The number of aliphatic hydroxyl groups is 4. The zero-order valence-electron chi connectivity index (χ0n) is 16.5. The first-order chi connectivity index (χ1) is 14.9. The zero-order chi connectivity index (χ0) is 23.9. The van der Waals surface area contributed by atoms with Gasteiger partial charge in [-0.1, -0.05) is 10.9 Å². The third kappa shape index (κ3) is 2.15. The SMILES string of the molecule is C#[N+][C@]12C(=C(O)c3c(ccc(F)c3O)[C@@H]1C)C(=O)[C@]1(O)C(O)=C(C(N)=O)C(=O)C[C@@H]1[C@H]2O. The first-order valence-electron chi connectivity index (χ1n) is 9.46. The number of hydrogen-bond donors (Lipinski definition) is 6. The molecule has 3 aliphatic carbocycles. The third-order valence-corrected chi connectivity index (χ3v) is 6.85. The number of rotatable bonds is 1. The van der Waals surface area contributed by atoms with E-state index < -0.39 is 92.8 Å². The summed E-state index contributed by atoms with van der Waals surface area (Å²) in [5.74, 6) is -11.2. The number of benzene rings is 1. The number of aromatic hydroxyl groups is 1. The molecule has 0 aromatic heterocycles. The number of fused-ring (bicyclic) bond motifs is 3. The average Bonchev–Trinajstić information content (AvgIpc) is 2.73. The van der Waals surface area contributed by atoms with Gasteiger partial charge in [-0.05, 0) is 18.6 Å². The Kier molecular flexibility index (Phi) is 4.28. The van der Waals surface area contributed by atoms with Crippen molar-refractivity contribution in [2.45, 2.75) is 36.5 Å². The lowest BCUT2D eigenvalue weighted by Gasteiger charge is -2.49. The Hall–Kier alpha value is -3.75. The summed E-state index contributed by atoms with van der Waals surface area (Å²) >= 11 is 0. The number of halogens is 1. The summed E-state index contributed by atoms with van der Waals surface area (Å²) in [6, 6.07) is 2.10. The van der Waals surface area contributed by atoms with Crippen LogP contribution in [0.15, 0.2) is 29.0 Å². The molecule has 10 nitrogen and oxygen atoms in total. The highest BCUT2D eigenvalue weighted by atomic mass is 19.1. The van der Waals surface area contributed by atoms with Gasteiger partial charge < -0.3 is 31.3 Å². The van der Waals surface area contributed by atoms with Crippen molar-refractivity contribution in [3.05, 3.63) is 50.8 Å². The maximum Gasteiger partial charge on any atom is 0.344 e. The Morgan fingerprint density at radius 2 is 1.91 bits per heavy atom. The van der Waals surface area contributed by atoms with Gasteiger partial charge in [-0.15, -0.1) is 0 Å². The number of Topliss-reactive ketones (excluding diaryl/α,β-unsaturated/α-hetero) is 2. The molecular weight excluding hydrogens is 427 g/mol. The van der Waals surface area contributed by atoms with Crippen molar-refractivity contribution >= 4 is 23.2 Å². The molecule has 1 saturated carbocycles. The molecule has 0 unspecified atom stereocenters. The molecule has 5 atom stereocenters. The van der Waals surface area contributed by atoms with E-state index in [4.69, 9.17) is 12.3 Å². The first kappa shape index (κ1) is 21.5. The van der Waals surface area contributed by atoms with E-state index in [9.17, 15) is 44.3 Å². The maximum atomic E-state index is 14.0. The number of carbonyl (C=O) groups is 3. The molecule has 0 spiro atoms. The lowest BCUT2D eigenvalue weighted by Crippen LogP contribution is -2.69. The van der Waals surface area contributed by atoms with Crippen molar-refractivity contribution < 1.29 is 44.3 Å². The van der Waals surface area contributed by atoms with Gasteiger partial charge in [-0.2, -0.15) is 0 Å². The highest BCUT2D eigenvalue weighted by molar-refractivity contribution is 6.23. The van der Waals surface area contributed by atoms with Gasteiger partial charge in [-0.3, -0.25) is 14.4 Å². The van der Waals surface area contributed by atoms with Gasteiger partial charge in [0, 0.05) is 12.3 Å². The number of aliphatic hydroxyl groups excluding tert-OH is 3. The molecule has 166 valence electrons. The molecule has 4 rings (SSSR count). The number of nitrogens with zero attached hydrogens (tertiary/aromatic N) is 1. The molecule has 0 heterocycles. The predicted molar refractivity (Wildman–Crippen MR) is 105 cm³/mol. The van der Waals surface area contributed by atoms with Crippen molar-refractivity contribution in [3.63, 3.8) is 0 Å². The molecule has 0 aliphatic heterocycles. The van der Waals surface area contributed by atoms with Crippen LogP contribution < -0.4 is 5.73 Å². The third-order valence-electron chi connectivity index (χ3n) is 6.85. The van der Waals surface area contributed by atoms with Crippen LogP contribution in [0.1, 0.15) is 30.4 Å². The van der Waals surface area contributed by atoms with E-state index in [0.717, 1.165) is 6.07 Å². The topological polar surface area (TPSA) is 183 Å². The minimum absolute atomic E-state index is 0.0800. The summed E-state index contributed by atoms with van der Waals surface area (Å²) < 4.78 is 14.0. The summed E-state index contributed by atoms with van der Waals surface area (Å²) in [6.45, 7) is 7.03. The van der Waals surface area contributed by atoms with E-state index >= 15 is 0 Å². The molecule has 1 amide bonds. The monoisotopic (exact) mass is 445 g/mol. The largest absolute Gasteiger partial charge is 0.508 e. The van der Waals surface area contributed by atoms with Gasteiger partial charge in [0.1, 0.15) is 28.8 Å². The van der Waals surface area contributed by atoms with E-state index in [2.05, 4.69) is 4.85 Å². The Labute approximate surface area is 179 Å². The van der Waals surface area contributed by atoms with Gasteiger partial charge in [0.05, 0.1) is 11.5 Å². The van der Waals surface area contributed by atoms with Crippen LogP contribution in [0.2, 0.25) is 0 Å². The van der Waals surface area contributed by atoms with Crippen LogP contribution in [0.5, 0.6) is 5.75 Å². The molecule has 0 saturated heterocycles. The van der Waals surface area contributed by atoms with Crippen LogP contribution >= 0.6 is 0 Å². The molecule has 3 aliphatic rings. The number of ketones is 2. The van der Waals surface area contributed by atoms with Crippen LogP contribution in [0.3, 0.4) is 0 Å². The van der Waals surface area contributed by atoms with Gasteiger partial charge >= 0.3 is 5.54 Å². The van der Waals surface area contributed by atoms with Crippen molar-refractivity contribution in [1.82, 2.24) is 0 Å². The number of carbonyl (C=O) groups excluding carboxylic acids is 3. The Morgan fingerprint density at radius 1 is 1.28 bits per heavy atom. The summed E-state index contributed by atoms with van der Waals surface area (Å²) in [7, 11) is 0. The second-order valence-corrected chi connectivity index (χ2v) is 8.12. The van der Waals surface area contributed by atoms with E-state index in [-0.39, 0.29) is 5.56 Å². The molecule has 1 aromatic carbocycles. The lowest BCUT2D eigenvalue weighted by molar-refractivity contribution is -0.160. The second kappa shape index (κ2) is 6.38. The summed E-state index contributed by atoms with van der Waals surface area (Å²) in [4.78, 5) is 41.3. The number of primary amides is 1. The van der Waals surface area contributed by atoms with Crippen LogP contribution in [0, 0.1) is 18.3 Å². The standard InChI is InChI=1S/C21H17FN2O8/c1-6-7-3-4-9(22)14(26)11(7)15(27)13-18(30)21(32)8(16(28)20(6,13)24-2)5-10(25)12(17(21)29)19(23)31/h2-4,6,8,16,28,32H,5H2,1H3,(H4-,23,25,26,27,29,30,31)/p+1/t6-,8+,16+,20-,21+/m0/s1.